The van der Waals surface area contributed by atoms with E-state index in [-0.39, 0.29) is 6.04 Å². The van der Waals surface area contributed by atoms with Crippen molar-refractivity contribution in [2.24, 2.45) is 12.8 Å². The van der Waals surface area contributed by atoms with Crippen molar-refractivity contribution in [3.63, 3.8) is 0 Å². The molecule has 1 aliphatic rings. The Morgan fingerprint density at radius 2 is 2.44 bits per heavy atom. The summed E-state index contributed by atoms with van der Waals surface area (Å²) in [4.78, 5) is 7.95. The van der Waals surface area contributed by atoms with Crippen LogP contribution >= 0.6 is 0 Å². The molecule has 1 unspecified atom stereocenters. The Labute approximate surface area is 93.7 Å². The van der Waals surface area contributed by atoms with E-state index in [4.69, 9.17) is 5.73 Å². The second-order valence-corrected chi connectivity index (χ2v) is 4.42. The maximum Gasteiger partial charge on any atom is 0.141 e. The third kappa shape index (κ3) is 1.53. The number of fused-ring (bicyclic) bond motifs is 1. The molecule has 5 heteroatoms. The Hall–Kier alpha value is -1.62. The van der Waals surface area contributed by atoms with Crippen molar-refractivity contribution in [3.05, 3.63) is 23.8 Å². The van der Waals surface area contributed by atoms with E-state index in [1.807, 2.05) is 19.4 Å². The van der Waals surface area contributed by atoms with Gasteiger partial charge in [0.15, 0.2) is 0 Å². The number of aromatic amines is 1. The van der Waals surface area contributed by atoms with Crippen LogP contribution < -0.4 is 5.73 Å². The molecule has 84 valence electrons. The molecule has 2 aromatic heterocycles. The molecule has 0 bridgehead atoms. The molecule has 2 heterocycles. The maximum atomic E-state index is 5.94. The van der Waals surface area contributed by atoms with Gasteiger partial charge in [-0.2, -0.15) is 5.10 Å². The summed E-state index contributed by atoms with van der Waals surface area (Å²) in [7, 11) is 1.91. The third-order valence-electron chi connectivity index (χ3n) is 3.06. The topological polar surface area (TPSA) is 72.5 Å². The fourth-order valence-corrected chi connectivity index (χ4v) is 2.19. The Balaban J connectivity index is 1.98. The highest BCUT2D eigenvalue weighted by Crippen LogP contribution is 2.23. The van der Waals surface area contributed by atoms with Crippen molar-refractivity contribution in [1.82, 2.24) is 19.7 Å². The van der Waals surface area contributed by atoms with Crippen LogP contribution in [0.3, 0.4) is 0 Å². The number of H-pyrrole nitrogens is 1. The summed E-state index contributed by atoms with van der Waals surface area (Å²) in [5.74, 6) is 0.909. The van der Waals surface area contributed by atoms with E-state index >= 15 is 0 Å². The molecule has 0 radical (unpaired) electrons. The fourth-order valence-electron chi connectivity index (χ4n) is 2.19. The van der Waals surface area contributed by atoms with Crippen LogP contribution in [-0.2, 0) is 19.9 Å². The lowest BCUT2D eigenvalue weighted by atomic mass is 9.97. The van der Waals surface area contributed by atoms with Crippen LogP contribution in [0.4, 0.5) is 0 Å². The Morgan fingerprint density at radius 3 is 3.19 bits per heavy atom. The molecule has 3 N–H and O–H groups in total. The first-order chi connectivity index (χ1) is 7.72. The number of nitrogens with one attached hydrogen (secondary N) is 1. The van der Waals surface area contributed by atoms with E-state index in [2.05, 4.69) is 15.1 Å². The van der Waals surface area contributed by atoms with Gasteiger partial charge in [-0.1, -0.05) is 0 Å². The first-order valence-electron chi connectivity index (χ1n) is 5.55. The number of aryl methyl sites for hydroxylation is 2. The smallest absolute Gasteiger partial charge is 0.141 e. The van der Waals surface area contributed by atoms with Crippen LogP contribution in [-0.4, -0.2) is 25.8 Å². The molecule has 0 saturated heterocycles. The molecular formula is C11H15N5. The van der Waals surface area contributed by atoms with Gasteiger partial charge in [-0.15, -0.1) is 0 Å². The zero-order chi connectivity index (χ0) is 11.1. The van der Waals surface area contributed by atoms with E-state index in [0.717, 1.165) is 30.7 Å². The molecule has 16 heavy (non-hydrogen) atoms. The molecule has 5 nitrogen and oxygen atoms in total. The zero-order valence-corrected chi connectivity index (χ0v) is 9.27. The summed E-state index contributed by atoms with van der Waals surface area (Å²) >= 11 is 0. The molecule has 0 amide bonds. The summed E-state index contributed by atoms with van der Waals surface area (Å²) in [5, 5.41) is 4.15. The average molecular weight is 217 g/mol. The lowest BCUT2D eigenvalue weighted by molar-refractivity contribution is 0.565. The summed E-state index contributed by atoms with van der Waals surface area (Å²) in [6, 6.07) is 0.273. The molecule has 0 saturated carbocycles. The minimum absolute atomic E-state index is 0.273. The summed E-state index contributed by atoms with van der Waals surface area (Å²) in [5.41, 5.74) is 9.33. The number of rotatable bonds is 1. The Bertz CT molecular complexity index is 510. The lowest BCUT2D eigenvalue weighted by Crippen LogP contribution is -2.27. The van der Waals surface area contributed by atoms with Gasteiger partial charge < -0.3 is 10.7 Å². The summed E-state index contributed by atoms with van der Waals surface area (Å²) < 4.78 is 1.78. The minimum Gasteiger partial charge on any atom is -0.341 e. The maximum absolute atomic E-state index is 5.94. The summed E-state index contributed by atoms with van der Waals surface area (Å²) in [6.45, 7) is 0. The third-order valence-corrected chi connectivity index (χ3v) is 3.06. The number of nitrogens with two attached hydrogens (primary N) is 1. The molecule has 1 atom stereocenters. The van der Waals surface area contributed by atoms with E-state index < -0.39 is 0 Å². The number of hydrogen-bond donors (Lipinski definition) is 2. The van der Waals surface area contributed by atoms with Crippen molar-refractivity contribution in [2.75, 3.05) is 0 Å². The molecule has 0 spiro atoms. The van der Waals surface area contributed by atoms with Crippen LogP contribution in [0, 0.1) is 0 Å². The standard InChI is InChI=1S/C11H15N5/c1-16-6-7(5-13-16)11-14-9-3-2-8(12)4-10(9)15-11/h5-6,8H,2-4,12H2,1H3,(H,14,15). The monoisotopic (exact) mass is 217 g/mol. The van der Waals surface area contributed by atoms with E-state index in [1.165, 1.54) is 11.4 Å². The molecular weight excluding hydrogens is 202 g/mol. The molecule has 0 aliphatic heterocycles. The van der Waals surface area contributed by atoms with Gasteiger partial charge in [-0.05, 0) is 12.8 Å². The Morgan fingerprint density at radius 1 is 1.56 bits per heavy atom. The van der Waals surface area contributed by atoms with Crippen molar-refractivity contribution in [1.29, 1.82) is 0 Å². The SMILES string of the molecule is Cn1cc(-c2nc3c([nH]2)CC(N)CC3)cn1. The van der Waals surface area contributed by atoms with Gasteiger partial charge in [0.2, 0.25) is 0 Å². The quantitative estimate of drug-likeness (QED) is 0.735. The first kappa shape index (κ1) is 9.59. The van der Waals surface area contributed by atoms with Gasteiger partial charge in [0, 0.05) is 31.4 Å². The van der Waals surface area contributed by atoms with E-state index in [1.54, 1.807) is 4.68 Å². The highest BCUT2D eigenvalue weighted by Gasteiger charge is 2.20. The highest BCUT2D eigenvalue weighted by atomic mass is 15.2. The minimum atomic E-state index is 0.273. The van der Waals surface area contributed by atoms with Gasteiger partial charge in [-0.25, -0.2) is 4.98 Å². The zero-order valence-electron chi connectivity index (χ0n) is 9.27. The van der Waals surface area contributed by atoms with Crippen LogP contribution in [0.25, 0.3) is 11.4 Å². The molecule has 3 rings (SSSR count). The molecule has 0 fully saturated rings. The van der Waals surface area contributed by atoms with E-state index in [0.29, 0.717) is 0 Å². The van der Waals surface area contributed by atoms with Crippen molar-refractivity contribution < 1.29 is 0 Å². The number of imidazole rings is 1. The van der Waals surface area contributed by atoms with Crippen LogP contribution in [0.2, 0.25) is 0 Å². The number of aromatic nitrogens is 4. The van der Waals surface area contributed by atoms with Gasteiger partial charge in [-0.3, -0.25) is 4.68 Å². The van der Waals surface area contributed by atoms with Crippen LogP contribution in [0.1, 0.15) is 17.8 Å². The highest BCUT2D eigenvalue weighted by molar-refractivity contribution is 5.53. The van der Waals surface area contributed by atoms with Gasteiger partial charge in [0.25, 0.3) is 0 Å². The first-order valence-corrected chi connectivity index (χ1v) is 5.55. The number of hydrogen-bond acceptors (Lipinski definition) is 3. The van der Waals surface area contributed by atoms with E-state index in [9.17, 15) is 0 Å². The predicted molar refractivity (Wildman–Crippen MR) is 60.8 cm³/mol. The van der Waals surface area contributed by atoms with Crippen molar-refractivity contribution >= 4 is 0 Å². The second kappa shape index (κ2) is 3.45. The lowest BCUT2D eigenvalue weighted by Gasteiger charge is -2.15. The second-order valence-electron chi connectivity index (χ2n) is 4.42. The normalized spacial score (nSPS) is 19.8. The largest absolute Gasteiger partial charge is 0.341 e. The Kier molecular flexibility index (Phi) is 2.07. The van der Waals surface area contributed by atoms with Crippen LogP contribution in [0.15, 0.2) is 12.4 Å². The average Bonchev–Trinajstić information content (AvgIpc) is 2.83. The fraction of sp³-hybridized carbons (Fsp3) is 0.455. The predicted octanol–water partition coefficient (Wildman–Crippen LogP) is 0.626. The van der Waals surface area contributed by atoms with Gasteiger partial charge >= 0.3 is 0 Å². The summed E-state index contributed by atoms with van der Waals surface area (Å²) in [6.07, 6.45) is 6.70. The number of nitrogens with zero attached hydrogens (tertiary/aromatic N) is 3. The van der Waals surface area contributed by atoms with Crippen molar-refractivity contribution in [3.8, 4) is 11.4 Å². The van der Waals surface area contributed by atoms with Crippen LogP contribution in [0.5, 0.6) is 0 Å². The van der Waals surface area contributed by atoms with Gasteiger partial charge in [0.1, 0.15) is 5.82 Å². The van der Waals surface area contributed by atoms with Gasteiger partial charge in [0.05, 0.1) is 17.5 Å². The van der Waals surface area contributed by atoms with Crippen molar-refractivity contribution in [2.45, 2.75) is 25.3 Å². The molecule has 0 aromatic carbocycles. The molecule has 1 aliphatic carbocycles. The molecule has 2 aromatic rings.